The van der Waals surface area contributed by atoms with Crippen LogP contribution in [0.3, 0.4) is 0 Å². The largest absolute Gasteiger partial charge is 0.486 e. The van der Waals surface area contributed by atoms with Crippen LogP contribution in [0, 0.1) is 30.9 Å². The molecule has 1 aliphatic rings. The van der Waals surface area contributed by atoms with Gasteiger partial charge in [-0.2, -0.15) is 0 Å². The number of pyridine rings is 3. The maximum absolute atomic E-state index is 6.20. The Kier molecular flexibility index (Phi) is 12.3. The predicted octanol–water partition coefficient (Wildman–Crippen LogP) is 11.3. The van der Waals surface area contributed by atoms with Gasteiger partial charge in [0, 0.05) is 43.6 Å². The zero-order valence-corrected chi connectivity index (χ0v) is 34.4. The van der Waals surface area contributed by atoms with Gasteiger partial charge in [-0.15, -0.1) is 54.1 Å². The molecule has 1 aliphatic carbocycles. The van der Waals surface area contributed by atoms with Crippen LogP contribution in [0.4, 0.5) is 0 Å². The minimum Gasteiger partial charge on any atom is -0.486 e. The number of benzene rings is 2. The van der Waals surface area contributed by atoms with E-state index in [1.807, 2.05) is 30.5 Å². The first-order chi connectivity index (χ1) is 23.5. The molecule has 4 nitrogen and oxygen atoms in total. The summed E-state index contributed by atoms with van der Waals surface area (Å²) in [6.07, 6.45) is 12.0. The van der Waals surface area contributed by atoms with Gasteiger partial charge in [0.1, 0.15) is 0 Å². The zero-order valence-electron chi connectivity index (χ0n) is 31.0. The summed E-state index contributed by atoms with van der Waals surface area (Å²) in [5.74, 6) is 1.85. The van der Waals surface area contributed by atoms with Crippen molar-refractivity contribution in [1.82, 2.24) is 15.0 Å². The molecule has 0 saturated heterocycles. The third-order valence-corrected chi connectivity index (χ3v) is 11.8. The number of aromatic nitrogens is 3. The van der Waals surface area contributed by atoms with Crippen LogP contribution in [0.1, 0.15) is 81.7 Å². The summed E-state index contributed by atoms with van der Waals surface area (Å²) < 4.78 is 6.20. The molecule has 1 fully saturated rings. The van der Waals surface area contributed by atoms with Gasteiger partial charge in [-0.3, -0.25) is 0 Å². The molecule has 7 rings (SSSR count). The molecule has 50 heavy (non-hydrogen) atoms. The molecule has 263 valence electrons. The van der Waals surface area contributed by atoms with Crippen molar-refractivity contribution in [3.05, 3.63) is 108 Å². The standard InChI is InChI=1S/C24H25N2O.C20H26NSi.Ir/c1-14(2)11-17-12-22(25-13-16(17)5)20-8-6-7-18-19-9-10-21(15(3)4)26-24(19)27-23(18)20;1-22(2,3)20-15-21-19(17-11-5-4-6-12-17)14-18(20)13-16-9-7-8-10-16;/h6-7,9-10,12-15H,11H2,1-5H3;4-6,11,14-16H,7-10,13H2,1-3H3;/q2*-1;. The van der Waals surface area contributed by atoms with Crippen molar-refractivity contribution in [1.29, 1.82) is 0 Å². The average Bonchev–Trinajstić information content (AvgIpc) is 3.73. The number of nitrogens with zero attached hydrogens (tertiary/aromatic N) is 3. The SMILES string of the molecule is C[Si](C)(C)c1cnc(-c2[c-]cccc2)cc1CC1CCCC1.Cc1cnc(-c2[c-]ccc3c2oc2nc(C(C)C)ccc23)cc1CC(C)C.[Ir]. The van der Waals surface area contributed by atoms with Crippen LogP contribution in [-0.2, 0) is 32.9 Å². The second-order valence-electron chi connectivity index (χ2n) is 15.6. The number of furan rings is 1. The maximum Gasteiger partial charge on any atom is 0.216 e. The number of fused-ring (bicyclic) bond motifs is 3. The summed E-state index contributed by atoms with van der Waals surface area (Å²) in [6.45, 7) is 18.2. The molecule has 0 unspecified atom stereocenters. The summed E-state index contributed by atoms with van der Waals surface area (Å²) >= 11 is 0. The molecule has 0 amide bonds. The van der Waals surface area contributed by atoms with E-state index < -0.39 is 8.07 Å². The molecule has 0 spiro atoms. The normalized spacial score (nSPS) is 13.6. The second-order valence-corrected chi connectivity index (χ2v) is 20.7. The van der Waals surface area contributed by atoms with Crippen molar-refractivity contribution in [2.75, 3.05) is 0 Å². The molecule has 1 saturated carbocycles. The van der Waals surface area contributed by atoms with Gasteiger partial charge in [0.2, 0.25) is 5.71 Å². The van der Waals surface area contributed by atoms with Crippen molar-refractivity contribution in [2.45, 2.75) is 98.7 Å². The van der Waals surface area contributed by atoms with Gasteiger partial charge in [-0.1, -0.05) is 107 Å². The Bertz CT molecular complexity index is 2040. The van der Waals surface area contributed by atoms with Crippen LogP contribution in [0.25, 0.3) is 44.6 Å². The Morgan fingerprint density at radius 3 is 2.26 bits per heavy atom. The van der Waals surface area contributed by atoms with E-state index >= 15 is 0 Å². The van der Waals surface area contributed by atoms with Crippen LogP contribution in [0.5, 0.6) is 0 Å². The Labute approximate surface area is 313 Å². The van der Waals surface area contributed by atoms with Crippen molar-refractivity contribution >= 4 is 35.3 Å². The number of aryl methyl sites for hydroxylation is 1. The first-order valence-electron chi connectivity index (χ1n) is 18.1. The van der Waals surface area contributed by atoms with Crippen LogP contribution in [0.15, 0.2) is 77.5 Å². The Morgan fingerprint density at radius 1 is 0.840 bits per heavy atom. The molecule has 0 N–H and O–H groups in total. The first kappa shape index (κ1) is 37.8. The van der Waals surface area contributed by atoms with Crippen molar-refractivity contribution in [3.63, 3.8) is 0 Å². The van der Waals surface area contributed by atoms with Crippen LogP contribution < -0.4 is 5.19 Å². The average molecular weight is 858 g/mol. The predicted molar refractivity (Wildman–Crippen MR) is 208 cm³/mol. The van der Waals surface area contributed by atoms with Gasteiger partial charge >= 0.3 is 0 Å². The summed E-state index contributed by atoms with van der Waals surface area (Å²) in [5.41, 5.74) is 10.6. The van der Waals surface area contributed by atoms with Gasteiger partial charge in [0.25, 0.3) is 0 Å². The molecule has 4 aromatic heterocycles. The van der Waals surface area contributed by atoms with Gasteiger partial charge in [-0.25, -0.2) is 4.98 Å². The van der Waals surface area contributed by atoms with Gasteiger partial charge in [0.05, 0.1) is 13.7 Å². The van der Waals surface area contributed by atoms with E-state index in [2.05, 4.69) is 114 Å². The molecule has 0 atom stereocenters. The number of hydrogen-bond acceptors (Lipinski definition) is 4. The van der Waals surface area contributed by atoms with Gasteiger partial charge < -0.3 is 14.4 Å². The topological polar surface area (TPSA) is 51.8 Å². The fourth-order valence-electron chi connectivity index (χ4n) is 7.08. The monoisotopic (exact) mass is 858 g/mol. The minimum atomic E-state index is -1.35. The molecule has 1 radical (unpaired) electrons. The molecular formula is C44H51IrN3OSi-2. The van der Waals surface area contributed by atoms with E-state index in [0.29, 0.717) is 17.5 Å². The third kappa shape index (κ3) is 8.70. The smallest absolute Gasteiger partial charge is 0.216 e. The maximum atomic E-state index is 6.20. The van der Waals surface area contributed by atoms with Gasteiger partial charge in [0.15, 0.2) is 0 Å². The van der Waals surface area contributed by atoms with E-state index in [-0.39, 0.29) is 20.1 Å². The second kappa shape index (κ2) is 16.3. The molecule has 0 aliphatic heterocycles. The van der Waals surface area contributed by atoms with E-state index in [9.17, 15) is 0 Å². The van der Waals surface area contributed by atoms with Crippen molar-refractivity contribution in [3.8, 4) is 22.5 Å². The molecule has 6 heteroatoms. The molecule has 6 aromatic rings. The van der Waals surface area contributed by atoms with E-state index in [1.54, 1.807) is 10.8 Å². The summed E-state index contributed by atoms with van der Waals surface area (Å²) in [6, 6.07) is 27.5. The fraction of sp³-hybridized carbons (Fsp3) is 0.386. The first-order valence-corrected chi connectivity index (χ1v) is 21.6. The minimum absolute atomic E-state index is 0. The van der Waals surface area contributed by atoms with Gasteiger partial charge in [-0.05, 0) is 71.8 Å². The van der Waals surface area contributed by atoms with E-state index in [4.69, 9.17) is 14.4 Å². The third-order valence-electron chi connectivity index (χ3n) is 9.78. The summed E-state index contributed by atoms with van der Waals surface area (Å²) in [7, 11) is -1.35. The summed E-state index contributed by atoms with van der Waals surface area (Å²) in [5, 5.41) is 3.65. The van der Waals surface area contributed by atoms with Crippen molar-refractivity contribution < 1.29 is 24.5 Å². The number of rotatable bonds is 8. The van der Waals surface area contributed by atoms with Crippen LogP contribution in [-0.4, -0.2) is 23.0 Å². The molecule has 0 bridgehead atoms. The Morgan fingerprint density at radius 2 is 1.58 bits per heavy atom. The number of hydrogen-bond donors (Lipinski definition) is 0. The quantitative estimate of drug-likeness (QED) is 0.113. The van der Waals surface area contributed by atoms with E-state index in [0.717, 1.165) is 56.9 Å². The summed E-state index contributed by atoms with van der Waals surface area (Å²) in [4.78, 5) is 14.1. The van der Waals surface area contributed by atoms with Crippen molar-refractivity contribution in [2.24, 2.45) is 11.8 Å². The molecule has 2 aromatic carbocycles. The van der Waals surface area contributed by atoms with Crippen LogP contribution in [0.2, 0.25) is 19.6 Å². The Hall–Kier alpha value is -3.44. The zero-order chi connectivity index (χ0) is 34.7. The fourth-order valence-corrected chi connectivity index (χ4v) is 8.67. The molecular weight excluding hydrogens is 807 g/mol. The van der Waals surface area contributed by atoms with E-state index in [1.165, 1.54) is 43.2 Å². The Balaban J connectivity index is 0.000000195. The van der Waals surface area contributed by atoms with Crippen LogP contribution >= 0.6 is 0 Å². The molecule has 4 heterocycles.